The van der Waals surface area contributed by atoms with E-state index in [1.165, 1.54) is 17.0 Å². The van der Waals surface area contributed by atoms with E-state index < -0.39 is 6.10 Å². The zero-order valence-electron chi connectivity index (χ0n) is 20.3. The van der Waals surface area contributed by atoms with Gasteiger partial charge in [-0.25, -0.2) is 4.39 Å². The van der Waals surface area contributed by atoms with Crippen molar-refractivity contribution in [3.8, 4) is 5.75 Å². The molecule has 2 aromatic rings. The zero-order valence-corrected chi connectivity index (χ0v) is 21.1. The van der Waals surface area contributed by atoms with Crippen LogP contribution in [0.25, 0.3) is 0 Å². The molecular formula is C27H37FN2O3S. The van der Waals surface area contributed by atoms with E-state index in [0.717, 1.165) is 31.4 Å². The largest absolute Gasteiger partial charge is 0.491 e. The first kappa shape index (κ1) is 26.4. The number of hydrogen-bond donors (Lipinski definition) is 1. The summed E-state index contributed by atoms with van der Waals surface area (Å²) < 4.78 is 19.5. The Balaban J connectivity index is 1.72. The van der Waals surface area contributed by atoms with Gasteiger partial charge < -0.3 is 14.7 Å². The van der Waals surface area contributed by atoms with E-state index in [0.29, 0.717) is 31.2 Å². The molecule has 1 N–H and O–H groups in total. The first-order chi connectivity index (χ1) is 16.4. The Hall–Kier alpha value is -2.22. The molecule has 7 heteroatoms. The fourth-order valence-electron chi connectivity index (χ4n) is 4.36. The number of rotatable bonds is 13. The zero-order chi connectivity index (χ0) is 24.5. The minimum atomic E-state index is -0.494. The Kier molecular flexibility index (Phi) is 10.1. The van der Waals surface area contributed by atoms with Gasteiger partial charge in [-0.05, 0) is 54.3 Å². The van der Waals surface area contributed by atoms with Crippen LogP contribution in [0.5, 0.6) is 5.75 Å². The molecule has 1 aromatic carbocycles. The average Bonchev–Trinajstić information content (AvgIpc) is 3.30. The highest BCUT2D eigenvalue weighted by Crippen LogP contribution is 2.34. The normalized spacial score (nSPS) is 17.3. The topological polar surface area (TPSA) is 53.0 Å². The summed E-state index contributed by atoms with van der Waals surface area (Å²) in [5.74, 6) is 0.569. The van der Waals surface area contributed by atoms with Gasteiger partial charge in [0.05, 0.1) is 18.7 Å². The number of carbonyl (C=O) groups is 1. The number of amides is 1. The SMILES string of the molecule is C=CCC[C@H](O)CN(CC(=O)N1CCc2sccc2[C@H]1COc1cccc(F)c1)C[C@H](C)CC. The number of aliphatic hydroxyl groups excluding tert-OH is 1. The first-order valence-corrected chi connectivity index (χ1v) is 13.0. The fraction of sp³-hybridized carbons (Fsp3) is 0.519. The lowest BCUT2D eigenvalue weighted by Crippen LogP contribution is -2.48. The van der Waals surface area contributed by atoms with E-state index in [-0.39, 0.29) is 30.9 Å². The molecule has 0 unspecified atom stereocenters. The number of benzene rings is 1. The van der Waals surface area contributed by atoms with E-state index in [1.54, 1.807) is 23.5 Å². The molecule has 1 aromatic heterocycles. The smallest absolute Gasteiger partial charge is 0.237 e. The van der Waals surface area contributed by atoms with Gasteiger partial charge >= 0.3 is 0 Å². The van der Waals surface area contributed by atoms with Crippen LogP contribution < -0.4 is 4.74 Å². The summed E-state index contributed by atoms with van der Waals surface area (Å²) in [5.41, 5.74) is 1.11. The minimum Gasteiger partial charge on any atom is -0.491 e. The van der Waals surface area contributed by atoms with E-state index in [9.17, 15) is 14.3 Å². The second-order valence-corrected chi connectivity index (χ2v) is 10.1. The molecule has 1 aliphatic rings. The molecule has 0 saturated heterocycles. The van der Waals surface area contributed by atoms with Crippen LogP contribution in [0.15, 0.2) is 48.4 Å². The molecular weight excluding hydrogens is 451 g/mol. The predicted molar refractivity (Wildman–Crippen MR) is 136 cm³/mol. The molecule has 1 aliphatic heterocycles. The summed E-state index contributed by atoms with van der Waals surface area (Å²) in [4.78, 5) is 18.8. The minimum absolute atomic E-state index is 0.0314. The van der Waals surface area contributed by atoms with Crippen LogP contribution in [-0.4, -0.2) is 59.7 Å². The van der Waals surface area contributed by atoms with Crippen LogP contribution in [-0.2, 0) is 11.2 Å². The average molecular weight is 489 g/mol. The second kappa shape index (κ2) is 13.0. The molecule has 0 fully saturated rings. The fourth-order valence-corrected chi connectivity index (χ4v) is 5.29. The molecule has 2 heterocycles. The van der Waals surface area contributed by atoms with Crippen molar-refractivity contribution in [1.29, 1.82) is 0 Å². The molecule has 1 amide bonds. The van der Waals surface area contributed by atoms with Crippen LogP contribution in [0, 0.1) is 11.7 Å². The second-order valence-electron chi connectivity index (χ2n) is 9.15. The highest BCUT2D eigenvalue weighted by molar-refractivity contribution is 7.10. The van der Waals surface area contributed by atoms with Crippen molar-refractivity contribution in [2.75, 3.05) is 32.8 Å². The Bertz CT molecular complexity index is 934. The third kappa shape index (κ3) is 7.39. The quantitative estimate of drug-likeness (QED) is 0.400. The number of carbonyl (C=O) groups excluding carboxylic acids is 1. The number of ether oxygens (including phenoxy) is 1. The van der Waals surface area contributed by atoms with Gasteiger partial charge in [-0.15, -0.1) is 17.9 Å². The number of allylic oxidation sites excluding steroid dienone is 1. The predicted octanol–water partition coefficient (Wildman–Crippen LogP) is 5.07. The lowest BCUT2D eigenvalue weighted by molar-refractivity contribution is -0.136. The molecule has 0 aliphatic carbocycles. The summed E-state index contributed by atoms with van der Waals surface area (Å²) in [6, 6.07) is 7.94. The summed E-state index contributed by atoms with van der Waals surface area (Å²) in [6.45, 7) is 10.4. The highest BCUT2D eigenvalue weighted by Gasteiger charge is 2.33. The van der Waals surface area contributed by atoms with Crippen molar-refractivity contribution in [2.45, 2.75) is 51.7 Å². The molecule has 3 rings (SSSR count). The molecule has 0 spiro atoms. The maximum absolute atomic E-state index is 13.6. The summed E-state index contributed by atoms with van der Waals surface area (Å²) in [5, 5.41) is 12.5. The van der Waals surface area contributed by atoms with Crippen LogP contribution in [0.3, 0.4) is 0 Å². The lowest BCUT2D eigenvalue weighted by Gasteiger charge is -2.37. The maximum atomic E-state index is 13.6. The van der Waals surface area contributed by atoms with Gasteiger partial charge in [-0.1, -0.05) is 32.4 Å². The molecule has 5 nitrogen and oxygen atoms in total. The van der Waals surface area contributed by atoms with Gasteiger partial charge in [0, 0.05) is 30.6 Å². The third-order valence-electron chi connectivity index (χ3n) is 6.42. The number of aliphatic hydroxyl groups is 1. The van der Waals surface area contributed by atoms with Gasteiger partial charge in [-0.2, -0.15) is 0 Å². The monoisotopic (exact) mass is 488 g/mol. The number of fused-ring (bicyclic) bond motifs is 1. The first-order valence-electron chi connectivity index (χ1n) is 12.2. The number of nitrogens with zero attached hydrogens (tertiary/aromatic N) is 2. The summed E-state index contributed by atoms with van der Waals surface area (Å²) in [6.07, 6.45) is 4.54. The van der Waals surface area contributed by atoms with Crippen LogP contribution in [0.1, 0.15) is 49.6 Å². The standard InChI is InChI=1S/C27H37FN2O3S/c1-4-6-9-22(31)17-29(16-20(3)5-2)18-27(32)30-13-11-26-24(12-14-34-26)25(30)19-33-23-10-7-8-21(28)15-23/h4,7-8,10,12,14-15,20,22,25,31H,1,5-6,9,11,13,16-19H2,2-3H3/t20-,22+,25-/m1/s1. The highest BCUT2D eigenvalue weighted by atomic mass is 32.1. The molecule has 0 radical (unpaired) electrons. The summed E-state index contributed by atoms with van der Waals surface area (Å²) in [7, 11) is 0. The lowest BCUT2D eigenvalue weighted by atomic mass is 10.00. The van der Waals surface area contributed by atoms with Crippen LogP contribution in [0.2, 0.25) is 0 Å². The van der Waals surface area contributed by atoms with Gasteiger partial charge in [0.15, 0.2) is 0 Å². The van der Waals surface area contributed by atoms with Crippen molar-refractivity contribution in [3.63, 3.8) is 0 Å². The molecule has 0 saturated carbocycles. The van der Waals surface area contributed by atoms with E-state index in [2.05, 4.69) is 36.8 Å². The molecule has 0 bridgehead atoms. The Labute approximate surface area is 206 Å². The Morgan fingerprint density at radius 1 is 1.41 bits per heavy atom. The van der Waals surface area contributed by atoms with E-state index in [1.807, 2.05) is 11.0 Å². The van der Waals surface area contributed by atoms with Crippen molar-refractivity contribution >= 4 is 17.2 Å². The van der Waals surface area contributed by atoms with Gasteiger partial charge in [0.1, 0.15) is 18.2 Å². The van der Waals surface area contributed by atoms with E-state index >= 15 is 0 Å². The van der Waals surface area contributed by atoms with E-state index in [4.69, 9.17) is 4.74 Å². The Morgan fingerprint density at radius 3 is 2.97 bits per heavy atom. The summed E-state index contributed by atoms with van der Waals surface area (Å²) >= 11 is 1.70. The number of hydrogen-bond acceptors (Lipinski definition) is 5. The Morgan fingerprint density at radius 2 is 2.24 bits per heavy atom. The maximum Gasteiger partial charge on any atom is 0.237 e. The number of halogens is 1. The van der Waals surface area contributed by atoms with Gasteiger partial charge in [0.25, 0.3) is 0 Å². The third-order valence-corrected chi connectivity index (χ3v) is 7.41. The number of thiophene rings is 1. The van der Waals surface area contributed by atoms with Crippen LogP contribution in [0.4, 0.5) is 4.39 Å². The molecule has 34 heavy (non-hydrogen) atoms. The van der Waals surface area contributed by atoms with Crippen molar-refractivity contribution in [1.82, 2.24) is 9.80 Å². The molecule has 3 atom stereocenters. The van der Waals surface area contributed by atoms with Crippen molar-refractivity contribution < 1.29 is 19.0 Å². The van der Waals surface area contributed by atoms with Crippen molar-refractivity contribution in [3.05, 3.63) is 64.6 Å². The van der Waals surface area contributed by atoms with Gasteiger partial charge in [0.2, 0.25) is 5.91 Å². The van der Waals surface area contributed by atoms with Gasteiger partial charge in [-0.3, -0.25) is 9.69 Å². The van der Waals surface area contributed by atoms with Crippen molar-refractivity contribution in [2.24, 2.45) is 5.92 Å². The molecule has 186 valence electrons. The van der Waals surface area contributed by atoms with Crippen LogP contribution >= 0.6 is 11.3 Å².